The molecule has 0 heterocycles. The van der Waals surface area contributed by atoms with Crippen molar-refractivity contribution >= 4 is 21.9 Å². The van der Waals surface area contributed by atoms with E-state index >= 15 is 0 Å². The molecule has 0 aliphatic rings. The number of rotatable bonds is 8. The Balaban J connectivity index is 1.93. The Bertz CT molecular complexity index is 938. The molecular formula is C20H24N2O5S. The van der Waals surface area contributed by atoms with Gasteiger partial charge in [-0.15, -0.1) is 0 Å². The van der Waals surface area contributed by atoms with Crippen LogP contribution in [0.15, 0.2) is 53.4 Å². The molecule has 0 saturated heterocycles. The van der Waals surface area contributed by atoms with Crippen LogP contribution in [0.3, 0.4) is 0 Å². The van der Waals surface area contributed by atoms with E-state index in [4.69, 9.17) is 5.11 Å². The molecule has 2 aromatic rings. The first kappa shape index (κ1) is 21.6. The van der Waals surface area contributed by atoms with Crippen molar-refractivity contribution in [2.45, 2.75) is 31.2 Å². The lowest BCUT2D eigenvalue weighted by atomic mass is 10.1. The van der Waals surface area contributed by atoms with E-state index in [9.17, 15) is 18.0 Å². The maximum Gasteiger partial charge on any atom is 0.335 e. The third-order valence-corrected chi connectivity index (χ3v) is 6.06. The summed E-state index contributed by atoms with van der Waals surface area (Å²) in [5.74, 6) is -1.40. The standard InChI is InChI=1S/C20H24N2O5S/c1-14-4-10-18(11-5-14)28(26,27)22(3)13-19(23)21-15(2)12-16-6-8-17(9-7-16)20(24)25/h4-11,15H,12-13H2,1-3H3,(H,21,23)(H,24,25). The van der Waals surface area contributed by atoms with Gasteiger partial charge in [-0.3, -0.25) is 4.79 Å². The number of sulfonamides is 1. The van der Waals surface area contributed by atoms with Gasteiger partial charge in [0.1, 0.15) is 0 Å². The molecule has 2 aromatic carbocycles. The van der Waals surface area contributed by atoms with Crippen LogP contribution in [0.4, 0.5) is 0 Å². The van der Waals surface area contributed by atoms with Gasteiger partial charge in [0.15, 0.2) is 0 Å². The molecule has 1 atom stereocenters. The topological polar surface area (TPSA) is 104 Å². The third-order valence-electron chi connectivity index (χ3n) is 4.25. The molecule has 2 rings (SSSR count). The number of hydrogen-bond donors (Lipinski definition) is 2. The van der Waals surface area contributed by atoms with Gasteiger partial charge in [0.25, 0.3) is 0 Å². The van der Waals surface area contributed by atoms with Gasteiger partial charge in [0.2, 0.25) is 15.9 Å². The normalized spacial score (nSPS) is 12.6. The Labute approximate surface area is 165 Å². The Morgan fingerprint density at radius 3 is 2.18 bits per heavy atom. The van der Waals surface area contributed by atoms with Crippen molar-refractivity contribution < 1.29 is 23.1 Å². The molecule has 0 aromatic heterocycles. The summed E-state index contributed by atoms with van der Waals surface area (Å²) < 4.78 is 26.1. The van der Waals surface area contributed by atoms with E-state index in [2.05, 4.69) is 5.32 Å². The van der Waals surface area contributed by atoms with Crippen LogP contribution in [0.25, 0.3) is 0 Å². The number of nitrogens with zero attached hydrogens (tertiary/aromatic N) is 1. The third kappa shape index (κ3) is 5.64. The number of likely N-dealkylation sites (N-methyl/N-ethyl adjacent to an activating group) is 1. The minimum atomic E-state index is -3.74. The lowest BCUT2D eigenvalue weighted by Gasteiger charge is -2.19. The Hall–Kier alpha value is -2.71. The second-order valence-electron chi connectivity index (χ2n) is 6.75. The molecule has 0 aliphatic carbocycles. The van der Waals surface area contributed by atoms with Crippen LogP contribution in [-0.4, -0.2) is 49.3 Å². The number of carboxylic acid groups (broad SMARTS) is 1. The van der Waals surface area contributed by atoms with Gasteiger partial charge < -0.3 is 10.4 Å². The summed E-state index contributed by atoms with van der Waals surface area (Å²) >= 11 is 0. The number of amides is 1. The van der Waals surface area contributed by atoms with Gasteiger partial charge in [0, 0.05) is 13.1 Å². The van der Waals surface area contributed by atoms with E-state index in [1.54, 1.807) is 31.2 Å². The number of nitrogens with one attached hydrogen (secondary N) is 1. The van der Waals surface area contributed by atoms with E-state index in [1.807, 2.05) is 6.92 Å². The second-order valence-corrected chi connectivity index (χ2v) is 8.79. The molecule has 28 heavy (non-hydrogen) atoms. The summed E-state index contributed by atoms with van der Waals surface area (Å²) in [5.41, 5.74) is 2.02. The average molecular weight is 404 g/mol. The highest BCUT2D eigenvalue weighted by atomic mass is 32.2. The highest BCUT2D eigenvalue weighted by Crippen LogP contribution is 2.14. The summed E-state index contributed by atoms with van der Waals surface area (Å²) in [7, 11) is -2.38. The number of hydrogen-bond acceptors (Lipinski definition) is 4. The predicted octanol–water partition coefficient (Wildman–Crippen LogP) is 2.06. The minimum Gasteiger partial charge on any atom is -0.478 e. The molecule has 0 spiro atoms. The lowest BCUT2D eigenvalue weighted by molar-refractivity contribution is -0.121. The van der Waals surface area contributed by atoms with Gasteiger partial charge in [-0.2, -0.15) is 4.31 Å². The Kier molecular flexibility index (Phi) is 6.93. The first-order valence-electron chi connectivity index (χ1n) is 8.74. The van der Waals surface area contributed by atoms with E-state index in [-0.39, 0.29) is 23.0 Å². The van der Waals surface area contributed by atoms with Gasteiger partial charge in [0.05, 0.1) is 17.0 Å². The maximum absolute atomic E-state index is 12.5. The highest BCUT2D eigenvalue weighted by molar-refractivity contribution is 7.89. The van der Waals surface area contributed by atoms with Crippen molar-refractivity contribution in [1.29, 1.82) is 0 Å². The van der Waals surface area contributed by atoms with Crippen molar-refractivity contribution in [1.82, 2.24) is 9.62 Å². The molecule has 0 radical (unpaired) electrons. The van der Waals surface area contributed by atoms with Gasteiger partial charge in [-0.1, -0.05) is 29.8 Å². The van der Waals surface area contributed by atoms with E-state index in [0.29, 0.717) is 6.42 Å². The Morgan fingerprint density at radius 1 is 1.07 bits per heavy atom. The van der Waals surface area contributed by atoms with Crippen LogP contribution >= 0.6 is 0 Å². The molecule has 0 bridgehead atoms. The molecular weight excluding hydrogens is 380 g/mol. The molecule has 2 N–H and O–H groups in total. The van der Waals surface area contributed by atoms with Crippen LogP contribution in [0.1, 0.15) is 28.4 Å². The second kappa shape index (κ2) is 8.99. The zero-order valence-electron chi connectivity index (χ0n) is 16.0. The molecule has 1 unspecified atom stereocenters. The van der Waals surface area contributed by atoms with Crippen molar-refractivity contribution in [3.8, 4) is 0 Å². The van der Waals surface area contributed by atoms with Gasteiger partial charge in [-0.05, 0) is 50.1 Å². The monoisotopic (exact) mass is 404 g/mol. The van der Waals surface area contributed by atoms with Crippen LogP contribution in [0.5, 0.6) is 0 Å². The number of aromatic carboxylic acids is 1. The Morgan fingerprint density at radius 2 is 1.64 bits per heavy atom. The van der Waals surface area contributed by atoms with Crippen molar-refractivity contribution in [2.24, 2.45) is 0 Å². The molecule has 1 amide bonds. The molecule has 0 aliphatic heterocycles. The van der Waals surface area contributed by atoms with Crippen LogP contribution < -0.4 is 5.32 Å². The summed E-state index contributed by atoms with van der Waals surface area (Å²) in [4.78, 5) is 23.2. The van der Waals surface area contributed by atoms with Crippen LogP contribution in [0, 0.1) is 6.92 Å². The average Bonchev–Trinajstić information content (AvgIpc) is 2.62. The molecule has 0 fully saturated rings. The summed E-state index contributed by atoms with van der Waals surface area (Å²) in [5, 5.41) is 11.7. The first-order chi connectivity index (χ1) is 13.1. The van der Waals surface area contributed by atoms with Crippen molar-refractivity contribution in [3.63, 3.8) is 0 Å². The van der Waals surface area contributed by atoms with E-state index < -0.39 is 21.9 Å². The highest BCUT2D eigenvalue weighted by Gasteiger charge is 2.23. The van der Waals surface area contributed by atoms with E-state index in [1.165, 1.54) is 31.3 Å². The lowest BCUT2D eigenvalue weighted by Crippen LogP contribution is -2.42. The zero-order valence-corrected chi connectivity index (χ0v) is 16.9. The first-order valence-corrected chi connectivity index (χ1v) is 10.2. The smallest absolute Gasteiger partial charge is 0.335 e. The SMILES string of the molecule is Cc1ccc(S(=O)(=O)N(C)CC(=O)NC(C)Cc2ccc(C(=O)O)cc2)cc1. The quantitative estimate of drug-likeness (QED) is 0.701. The fraction of sp³-hybridized carbons (Fsp3) is 0.300. The fourth-order valence-corrected chi connectivity index (χ4v) is 3.81. The predicted molar refractivity (Wildman–Crippen MR) is 106 cm³/mol. The fourth-order valence-electron chi connectivity index (χ4n) is 2.69. The minimum absolute atomic E-state index is 0.139. The number of aryl methyl sites for hydroxylation is 1. The van der Waals surface area contributed by atoms with Crippen LogP contribution in [0.2, 0.25) is 0 Å². The maximum atomic E-state index is 12.5. The number of carboxylic acids is 1. The number of carbonyl (C=O) groups is 2. The van der Waals surface area contributed by atoms with Crippen molar-refractivity contribution in [2.75, 3.05) is 13.6 Å². The molecule has 7 nitrogen and oxygen atoms in total. The van der Waals surface area contributed by atoms with Gasteiger partial charge in [-0.25, -0.2) is 13.2 Å². The molecule has 150 valence electrons. The number of carbonyl (C=O) groups excluding carboxylic acids is 1. The van der Waals surface area contributed by atoms with E-state index in [0.717, 1.165) is 15.4 Å². The summed E-state index contributed by atoms with van der Waals surface area (Å²) in [6.45, 7) is 3.38. The number of benzene rings is 2. The summed E-state index contributed by atoms with van der Waals surface area (Å²) in [6.07, 6.45) is 0.500. The van der Waals surface area contributed by atoms with Gasteiger partial charge >= 0.3 is 5.97 Å². The van der Waals surface area contributed by atoms with Crippen LogP contribution in [-0.2, 0) is 21.2 Å². The van der Waals surface area contributed by atoms with Crippen molar-refractivity contribution in [3.05, 3.63) is 65.2 Å². The largest absolute Gasteiger partial charge is 0.478 e. The zero-order chi connectivity index (χ0) is 20.9. The molecule has 0 saturated carbocycles. The molecule has 8 heteroatoms. The summed E-state index contributed by atoms with van der Waals surface area (Å²) in [6, 6.07) is 12.6.